The van der Waals surface area contributed by atoms with Crippen LogP contribution in [0.5, 0.6) is 0 Å². The molecule has 3 rings (SSSR count). The van der Waals surface area contributed by atoms with Gasteiger partial charge in [0.25, 0.3) is 0 Å². The Bertz CT molecular complexity index is 517. The highest BCUT2D eigenvalue weighted by molar-refractivity contribution is 5.36. The molecule has 2 aromatic rings. The molecule has 1 aromatic carbocycles. The quantitative estimate of drug-likeness (QED) is 0.864. The summed E-state index contributed by atoms with van der Waals surface area (Å²) in [7, 11) is 0. The molecule has 94 valence electrons. The molecule has 0 spiro atoms. The van der Waals surface area contributed by atoms with Crippen molar-refractivity contribution in [3.63, 3.8) is 0 Å². The van der Waals surface area contributed by atoms with Crippen LogP contribution >= 0.6 is 0 Å². The lowest BCUT2D eigenvalue weighted by Gasteiger charge is -2.14. The van der Waals surface area contributed by atoms with E-state index < -0.39 is 0 Å². The molecule has 1 heterocycles. The number of benzene rings is 1. The number of imidazole rings is 1. The summed E-state index contributed by atoms with van der Waals surface area (Å²) in [5, 5.41) is 3.50. The summed E-state index contributed by atoms with van der Waals surface area (Å²) in [6, 6.07) is 7.27. The van der Waals surface area contributed by atoms with Gasteiger partial charge >= 0.3 is 0 Å². The number of fused-ring (bicyclic) bond motifs is 1. The molecule has 0 radical (unpaired) electrons. The van der Waals surface area contributed by atoms with Gasteiger partial charge in [0.15, 0.2) is 0 Å². The van der Waals surface area contributed by atoms with E-state index in [1.54, 1.807) is 11.8 Å². The van der Waals surface area contributed by atoms with Gasteiger partial charge in [0, 0.05) is 18.4 Å². The van der Waals surface area contributed by atoms with Crippen LogP contribution in [-0.4, -0.2) is 9.97 Å². The van der Waals surface area contributed by atoms with Crippen molar-refractivity contribution in [3.8, 4) is 0 Å². The Morgan fingerprint density at radius 1 is 1.33 bits per heavy atom. The van der Waals surface area contributed by atoms with Crippen molar-refractivity contribution in [2.45, 2.75) is 38.8 Å². The van der Waals surface area contributed by atoms with E-state index in [0.717, 1.165) is 12.4 Å². The first-order chi connectivity index (χ1) is 8.83. The number of H-pyrrole nitrogens is 1. The first kappa shape index (κ1) is 11.5. The van der Waals surface area contributed by atoms with E-state index in [2.05, 4.69) is 40.4 Å². The number of aromatic amines is 1. The maximum Gasteiger partial charge on any atom is 0.120 e. The summed E-state index contributed by atoms with van der Waals surface area (Å²) < 4.78 is 0. The highest BCUT2D eigenvalue weighted by atomic mass is 15.0. The zero-order chi connectivity index (χ0) is 12.4. The maximum absolute atomic E-state index is 4.22. The number of rotatable bonds is 4. The molecule has 0 saturated carbocycles. The van der Waals surface area contributed by atoms with Gasteiger partial charge in [0.05, 0.1) is 6.54 Å². The highest BCUT2D eigenvalue weighted by Gasteiger charge is 2.13. The van der Waals surface area contributed by atoms with Crippen LogP contribution in [0.2, 0.25) is 0 Å². The van der Waals surface area contributed by atoms with Crippen LogP contribution in [0.1, 0.15) is 41.9 Å². The molecule has 0 saturated heterocycles. The van der Waals surface area contributed by atoms with Crippen LogP contribution in [0.3, 0.4) is 0 Å². The largest absolute Gasteiger partial charge is 0.348 e. The monoisotopic (exact) mass is 241 g/mol. The Kier molecular flexibility index (Phi) is 3.15. The Balaban J connectivity index is 1.67. The second-order valence-electron chi connectivity index (χ2n) is 5.02. The molecule has 1 aromatic heterocycles. The summed E-state index contributed by atoms with van der Waals surface area (Å²) in [6.07, 6.45) is 7.46. The standard InChI is InChI=1S/C15H19N3/c1-11(18-10-15-16-7-8-17-15)13-6-5-12-3-2-4-14(12)9-13/h5-9,11,18H,2-4,10H2,1H3,(H,16,17). The maximum atomic E-state index is 4.22. The molecule has 2 N–H and O–H groups in total. The van der Waals surface area contributed by atoms with Crippen molar-refractivity contribution < 1.29 is 0 Å². The molecule has 1 atom stereocenters. The molecule has 0 aliphatic heterocycles. The van der Waals surface area contributed by atoms with Crippen LogP contribution in [0.25, 0.3) is 0 Å². The molecule has 1 aliphatic carbocycles. The van der Waals surface area contributed by atoms with E-state index in [9.17, 15) is 0 Å². The van der Waals surface area contributed by atoms with Crippen molar-refractivity contribution >= 4 is 0 Å². The predicted molar refractivity (Wildman–Crippen MR) is 72.3 cm³/mol. The van der Waals surface area contributed by atoms with Crippen LogP contribution in [0, 0.1) is 0 Å². The lowest BCUT2D eigenvalue weighted by atomic mass is 10.0. The van der Waals surface area contributed by atoms with Crippen molar-refractivity contribution in [3.05, 3.63) is 53.1 Å². The van der Waals surface area contributed by atoms with E-state index in [-0.39, 0.29) is 0 Å². The van der Waals surface area contributed by atoms with E-state index in [1.165, 1.54) is 30.4 Å². The Morgan fingerprint density at radius 3 is 3.06 bits per heavy atom. The molecule has 1 unspecified atom stereocenters. The van der Waals surface area contributed by atoms with Gasteiger partial charge in [0.2, 0.25) is 0 Å². The third-order valence-electron chi connectivity index (χ3n) is 3.75. The normalized spacial score (nSPS) is 15.6. The topological polar surface area (TPSA) is 40.7 Å². The van der Waals surface area contributed by atoms with Crippen LogP contribution in [0.4, 0.5) is 0 Å². The van der Waals surface area contributed by atoms with E-state index in [4.69, 9.17) is 0 Å². The van der Waals surface area contributed by atoms with Crippen LogP contribution in [0.15, 0.2) is 30.6 Å². The Hall–Kier alpha value is -1.61. The molecule has 0 bridgehead atoms. The third kappa shape index (κ3) is 2.31. The van der Waals surface area contributed by atoms with Crippen molar-refractivity contribution in [1.82, 2.24) is 15.3 Å². The fourth-order valence-electron chi connectivity index (χ4n) is 2.62. The molecule has 3 nitrogen and oxygen atoms in total. The van der Waals surface area contributed by atoms with Gasteiger partial charge in [0.1, 0.15) is 5.82 Å². The van der Waals surface area contributed by atoms with Gasteiger partial charge in [-0.1, -0.05) is 18.2 Å². The summed E-state index contributed by atoms with van der Waals surface area (Å²) in [6.45, 7) is 2.99. The van der Waals surface area contributed by atoms with E-state index in [1.807, 2.05) is 6.20 Å². The number of hydrogen-bond acceptors (Lipinski definition) is 2. The Morgan fingerprint density at radius 2 is 2.22 bits per heavy atom. The minimum atomic E-state index is 0.362. The summed E-state index contributed by atoms with van der Waals surface area (Å²) in [5.74, 6) is 0.989. The van der Waals surface area contributed by atoms with Gasteiger partial charge in [-0.15, -0.1) is 0 Å². The first-order valence-electron chi connectivity index (χ1n) is 6.66. The average Bonchev–Trinajstić information content (AvgIpc) is 3.05. The highest BCUT2D eigenvalue weighted by Crippen LogP contribution is 2.25. The molecule has 0 fully saturated rings. The summed E-state index contributed by atoms with van der Waals surface area (Å²) >= 11 is 0. The van der Waals surface area contributed by atoms with Gasteiger partial charge in [-0.25, -0.2) is 4.98 Å². The van der Waals surface area contributed by atoms with Crippen molar-refractivity contribution in [2.24, 2.45) is 0 Å². The van der Waals surface area contributed by atoms with Crippen LogP contribution in [-0.2, 0) is 19.4 Å². The lowest BCUT2D eigenvalue weighted by Crippen LogP contribution is -2.19. The first-order valence-corrected chi connectivity index (χ1v) is 6.66. The van der Waals surface area contributed by atoms with Gasteiger partial charge in [-0.2, -0.15) is 0 Å². The molecular weight excluding hydrogens is 222 g/mol. The number of aryl methyl sites for hydroxylation is 2. The lowest BCUT2D eigenvalue weighted by molar-refractivity contribution is 0.561. The average molecular weight is 241 g/mol. The van der Waals surface area contributed by atoms with Crippen molar-refractivity contribution in [1.29, 1.82) is 0 Å². The molecule has 1 aliphatic rings. The second kappa shape index (κ2) is 4.94. The van der Waals surface area contributed by atoms with Gasteiger partial charge in [-0.3, -0.25) is 0 Å². The minimum Gasteiger partial charge on any atom is -0.348 e. The van der Waals surface area contributed by atoms with Crippen LogP contribution < -0.4 is 5.32 Å². The zero-order valence-corrected chi connectivity index (χ0v) is 10.7. The Labute approximate surface area is 108 Å². The van der Waals surface area contributed by atoms with E-state index >= 15 is 0 Å². The number of nitrogens with zero attached hydrogens (tertiary/aromatic N) is 1. The molecule has 18 heavy (non-hydrogen) atoms. The number of nitrogens with one attached hydrogen (secondary N) is 2. The fraction of sp³-hybridized carbons (Fsp3) is 0.400. The summed E-state index contributed by atoms with van der Waals surface area (Å²) in [5.41, 5.74) is 4.46. The fourth-order valence-corrected chi connectivity index (χ4v) is 2.62. The van der Waals surface area contributed by atoms with Gasteiger partial charge < -0.3 is 10.3 Å². The summed E-state index contributed by atoms with van der Waals surface area (Å²) in [4.78, 5) is 7.33. The van der Waals surface area contributed by atoms with Crippen molar-refractivity contribution in [2.75, 3.05) is 0 Å². The number of hydrogen-bond donors (Lipinski definition) is 2. The SMILES string of the molecule is CC(NCc1ncc[nH]1)c1ccc2c(c1)CCC2. The smallest absolute Gasteiger partial charge is 0.120 e. The second-order valence-corrected chi connectivity index (χ2v) is 5.02. The predicted octanol–water partition coefficient (Wildman–Crippen LogP) is 2.75. The zero-order valence-electron chi connectivity index (χ0n) is 10.7. The van der Waals surface area contributed by atoms with E-state index in [0.29, 0.717) is 6.04 Å². The number of aromatic nitrogens is 2. The molecule has 0 amide bonds. The molecular formula is C15H19N3. The third-order valence-corrected chi connectivity index (χ3v) is 3.75. The minimum absolute atomic E-state index is 0.362. The molecule has 3 heteroatoms. The van der Waals surface area contributed by atoms with Gasteiger partial charge in [-0.05, 0) is 42.9 Å².